The molecule has 5 rings (SSSR count). The van der Waals surface area contributed by atoms with Crippen molar-refractivity contribution in [3.63, 3.8) is 0 Å². The van der Waals surface area contributed by atoms with Crippen LogP contribution in [0.2, 0.25) is 0 Å². The predicted molar refractivity (Wildman–Crippen MR) is 38.0 cm³/mol. The Morgan fingerprint density at radius 1 is 1.36 bits per heavy atom. The first-order chi connectivity index (χ1) is 5.41. The summed E-state index contributed by atoms with van der Waals surface area (Å²) in [5, 5.41) is 3.68. The van der Waals surface area contributed by atoms with Crippen molar-refractivity contribution in [3.05, 3.63) is 0 Å². The third-order valence-corrected chi connectivity index (χ3v) is 5.28. The fraction of sp³-hybridized carbons (Fsp3) is 1.00. The zero-order valence-electron chi connectivity index (χ0n) is 6.34. The molecule has 0 aromatic rings. The van der Waals surface area contributed by atoms with E-state index in [0.29, 0.717) is 5.41 Å². The van der Waals surface area contributed by atoms with Crippen molar-refractivity contribution in [1.29, 1.82) is 0 Å². The molecule has 2 heterocycles. The second-order valence-corrected chi connectivity index (χ2v) is 5.18. The van der Waals surface area contributed by atoms with Crippen LogP contribution in [0.5, 0.6) is 0 Å². The Morgan fingerprint density at radius 3 is 3.09 bits per heavy atom. The molecule has 2 nitrogen and oxygen atoms in total. The maximum atomic E-state index is 5.56. The summed E-state index contributed by atoms with van der Waals surface area (Å²) < 4.78 is 5.56. The lowest BCUT2D eigenvalue weighted by atomic mass is 9.49. The average Bonchev–Trinajstić information content (AvgIpc) is 2.75. The zero-order valence-corrected chi connectivity index (χ0v) is 6.34. The molecule has 0 radical (unpaired) electrons. The topological polar surface area (TPSA) is 21.3 Å². The number of nitrogens with one attached hydrogen (secondary N) is 1. The molecule has 11 heavy (non-hydrogen) atoms. The van der Waals surface area contributed by atoms with E-state index in [4.69, 9.17) is 4.74 Å². The summed E-state index contributed by atoms with van der Waals surface area (Å²) in [5.74, 6) is 2.26. The summed E-state index contributed by atoms with van der Waals surface area (Å²) >= 11 is 0. The standard InChI is InChI=1S/C9H11NO/c1-4-6-8(1,4)7-9(6)3-11-2-5(9)10-7/h4-7,10H,1-3H2. The highest BCUT2D eigenvalue weighted by molar-refractivity contribution is 5.51. The number of rotatable bonds is 0. The van der Waals surface area contributed by atoms with E-state index in [0.717, 1.165) is 42.5 Å². The van der Waals surface area contributed by atoms with Crippen LogP contribution in [0.15, 0.2) is 0 Å². The van der Waals surface area contributed by atoms with Crippen LogP contribution in [-0.4, -0.2) is 25.3 Å². The van der Waals surface area contributed by atoms with Crippen molar-refractivity contribution in [2.45, 2.75) is 18.5 Å². The van der Waals surface area contributed by atoms with Crippen LogP contribution in [0.4, 0.5) is 0 Å². The molecule has 2 spiro atoms. The summed E-state index contributed by atoms with van der Waals surface area (Å²) in [6.45, 7) is 2.08. The van der Waals surface area contributed by atoms with Crippen molar-refractivity contribution < 1.29 is 4.74 Å². The maximum absolute atomic E-state index is 5.56. The minimum absolute atomic E-state index is 0.683. The van der Waals surface area contributed by atoms with E-state index in [1.165, 1.54) is 0 Å². The lowest BCUT2D eigenvalue weighted by Gasteiger charge is -2.64. The van der Waals surface area contributed by atoms with Gasteiger partial charge in [-0.05, 0) is 23.7 Å². The van der Waals surface area contributed by atoms with Crippen LogP contribution in [0.3, 0.4) is 0 Å². The van der Waals surface area contributed by atoms with E-state index in [-0.39, 0.29) is 0 Å². The quantitative estimate of drug-likeness (QED) is 0.523. The van der Waals surface area contributed by atoms with E-state index < -0.39 is 0 Å². The zero-order chi connectivity index (χ0) is 6.84. The number of hydrogen-bond acceptors (Lipinski definition) is 2. The summed E-state index contributed by atoms with van der Waals surface area (Å²) in [6.07, 6.45) is 1.55. The van der Waals surface area contributed by atoms with Gasteiger partial charge in [0.25, 0.3) is 0 Å². The van der Waals surface area contributed by atoms with Gasteiger partial charge in [-0.3, -0.25) is 0 Å². The highest BCUT2D eigenvalue weighted by Crippen LogP contribution is 2.98. The van der Waals surface area contributed by atoms with Crippen molar-refractivity contribution in [2.24, 2.45) is 22.7 Å². The minimum atomic E-state index is 0.683. The van der Waals surface area contributed by atoms with E-state index in [1.807, 2.05) is 0 Å². The molecule has 2 heteroatoms. The Labute approximate surface area is 65.3 Å². The summed E-state index contributed by atoms with van der Waals surface area (Å²) in [4.78, 5) is 0. The molecule has 0 bridgehead atoms. The van der Waals surface area contributed by atoms with E-state index in [1.54, 1.807) is 6.42 Å². The first-order valence-corrected chi connectivity index (χ1v) is 4.74. The second kappa shape index (κ2) is 0.944. The van der Waals surface area contributed by atoms with Crippen LogP contribution < -0.4 is 5.32 Å². The Kier molecular flexibility index (Phi) is 0.414. The molecular weight excluding hydrogens is 138 g/mol. The van der Waals surface area contributed by atoms with E-state index in [9.17, 15) is 0 Å². The van der Waals surface area contributed by atoms with Gasteiger partial charge < -0.3 is 10.1 Å². The molecule has 2 saturated heterocycles. The SMILES string of the molecule is C1OCC23C1NC2C12CC1C32. The number of fused-ring (bicyclic) bond motifs is 1. The average molecular weight is 149 g/mol. The molecule has 6 atom stereocenters. The molecule has 58 valence electrons. The van der Waals surface area contributed by atoms with Gasteiger partial charge in [-0.15, -0.1) is 0 Å². The van der Waals surface area contributed by atoms with Gasteiger partial charge >= 0.3 is 0 Å². The predicted octanol–water partition coefficient (Wildman–Crippen LogP) is -0.00690. The largest absolute Gasteiger partial charge is 0.379 e. The fourth-order valence-electron chi connectivity index (χ4n) is 4.74. The smallest absolute Gasteiger partial charge is 0.0627 e. The van der Waals surface area contributed by atoms with E-state index in [2.05, 4.69) is 5.32 Å². The van der Waals surface area contributed by atoms with Gasteiger partial charge in [0.1, 0.15) is 0 Å². The second-order valence-electron chi connectivity index (χ2n) is 5.18. The van der Waals surface area contributed by atoms with Crippen LogP contribution in [0, 0.1) is 22.7 Å². The van der Waals surface area contributed by atoms with Gasteiger partial charge in [-0.1, -0.05) is 0 Å². The molecule has 5 fully saturated rings. The van der Waals surface area contributed by atoms with E-state index >= 15 is 0 Å². The third-order valence-electron chi connectivity index (χ3n) is 5.28. The molecule has 0 aromatic carbocycles. The van der Waals surface area contributed by atoms with Crippen molar-refractivity contribution in [3.8, 4) is 0 Å². The van der Waals surface area contributed by atoms with Crippen LogP contribution in [0.25, 0.3) is 0 Å². The molecule has 1 N–H and O–H groups in total. The summed E-state index contributed by atoms with van der Waals surface area (Å²) in [7, 11) is 0. The van der Waals surface area contributed by atoms with Gasteiger partial charge in [0.05, 0.1) is 13.2 Å². The Bertz CT molecular complexity index is 291. The van der Waals surface area contributed by atoms with Gasteiger partial charge in [-0.25, -0.2) is 0 Å². The Balaban J connectivity index is 1.72. The molecule has 2 aliphatic heterocycles. The first-order valence-electron chi connectivity index (χ1n) is 4.74. The van der Waals surface area contributed by atoms with Crippen molar-refractivity contribution in [1.82, 2.24) is 5.32 Å². The monoisotopic (exact) mass is 149 g/mol. The highest BCUT2D eigenvalue weighted by atomic mass is 16.5. The first kappa shape index (κ1) is 4.83. The third kappa shape index (κ3) is 0.231. The maximum Gasteiger partial charge on any atom is 0.0627 e. The van der Waals surface area contributed by atoms with Crippen LogP contribution in [0.1, 0.15) is 6.42 Å². The van der Waals surface area contributed by atoms with Gasteiger partial charge in [0.15, 0.2) is 0 Å². The van der Waals surface area contributed by atoms with Crippen molar-refractivity contribution >= 4 is 0 Å². The molecular formula is C9H11NO. The van der Waals surface area contributed by atoms with Crippen LogP contribution in [-0.2, 0) is 4.74 Å². The summed E-state index contributed by atoms with van der Waals surface area (Å²) in [5.41, 5.74) is 1.55. The molecule has 5 aliphatic rings. The molecule has 0 aromatic heterocycles. The number of ether oxygens (including phenoxy) is 1. The van der Waals surface area contributed by atoms with Gasteiger partial charge in [0.2, 0.25) is 0 Å². The van der Waals surface area contributed by atoms with Gasteiger partial charge in [0, 0.05) is 17.5 Å². The molecule has 3 saturated carbocycles. The van der Waals surface area contributed by atoms with Crippen molar-refractivity contribution in [2.75, 3.05) is 13.2 Å². The minimum Gasteiger partial charge on any atom is -0.379 e. The van der Waals surface area contributed by atoms with Gasteiger partial charge in [-0.2, -0.15) is 0 Å². The highest BCUT2D eigenvalue weighted by Gasteiger charge is 3.00. The lowest BCUT2D eigenvalue weighted by molar-refractivity contribution is -0.114. The normalized spacial score (nSPS) is 85.1. The molecule has 6 unspecified atom stereocenters. The Hall–Kier alpha value is -0.0800. The lowest BCUT2D eigenvalue weighted by Crippen LogP contribution is -2.79. The number of hydrogen-bond donors (Lipinski definition) is 1. The van der Waals surface area contributed by atoms with Crippen LogP contribution >= 0.6 is 0 Å². The molecule has 3 aliphatic carbocycles. The number of piperidine rings is 1. The summed E-state index contributed by atoms with van der Waals surface area (Å²) in [6, 6.07) is 1.66. The molecule has 0 amide bonds. The fourth-order valence-corrected chi connectivity index (χ4v) is 4.74. The Morgan fingerprint density at radius 2 is 2.36 bits per heavy atom.